The zero-order valence-electron chi connectivity index (χ0n) is 11.5. The number of nitrogens with one attached hydrogen (secondary N) is 1. The fraction of sp³-hybridized carbons (Fsp3) is 0.333. The molecule has 1 aromatic carbocycles. The largest absolute Gasteiger partial charge is 0.445 e. The maximum Gasteiger partial charge on any atom is 0.410 e. The third-order valence-electron chi connectivity index (χ3n) is 3.57. The Kier molecular flexibility index (Phi) is 4.24. The Bertz CT molecular complexity index is 614. The maximum absolute atomic E-state index is 12.3. The molecule has 21 heavy (non-hydrogen) atoms. The number of ether oxygens (including phenoxy) is 1. The number of likely N-dealkylation sites (tertiary alicyclic amines) is 1. The minimum Gasteiger partial charge on any atom is -0.445 e. The summed E-state index contributed by atoms with van der Waals surface area (Å²) in [5.74, 6) is 0.802. The summed E-state index contributed by atoms with van der Waals surface area (Å²) in [4.78, 5) is 21.4. The number of imidazole rings is 1. The number of hydrogen-bond donors (Lipinski definition) is 1. The Hall–Kier alpha value is -1.82. The minimum atomic E-state index is -0.283. The molecule has 6 heteroatoms. The number of carbonyl (C=O) groups excluding carboxylic acids is 1. The van der Waals surface area contributed by atoms with Crippen molar-refractivity contribution in [3.8, 4) is 0 Å². The van der Waals surface area contributed by atoms with Crippen molar-refractivity contribution < 1.29 is 9.53 Å². The van der Waals surface area contributed by atoms with Crippen molar-refractivity contribution in [2.75, 3.05) is 6.54 Å². The van der Waals surface area contributed by atoms with Crippen LogP contribution in [0.5, 0.6) is 0 Å². The molecule has 1 aliphatic heterocycles. The van der Waals surface area contributed by atoms with Crippen LogP contribution in [-0.4, -0.2) is 27.5 Å². The Labute approximate surface area is 131 Å². The summed E-state index contributed by atoms with van der Waals surface area (Å²) in [7, 11) is 0. The lowest BCUT2D eigenvalue weighted by Crippen LogP contribution is -2.31. The Balaban J connectivity index is 1.63. The van der Waals surface area contributed by atoms with Crippen molar-refractivity contribution in [2.45, 2.75) is 25.5 Å². The van der Waals surface area contributed by atoms with Crippen LogP contribution in [0.3, 0.4) is 0 Å². The maximum atomic E-state index is 12.3. The van der Waals surface area contributed by atoms with E-state index in [-0.39, 0.29) is 12.1 Å². The van der Waals surface area contributed by atoms with Crippen molar-refractivity contribution in [3.05, 3.63) is 52.5 Å². The molecule has 3 rings (SSSR count). The van der Waals surface area contributed by atoms with Gasteiger partial charge in [-0.1, -0.05) is 30.3 Å². The molecule has 2 heterocycles. The highest BCUT2D eigenvalue weighted by Crippen LogP contribution is 2.31. The zero-order valence-corrected chi connectivity index (χ0v) is 13.0. The second kappa shape index (κ2) is 6.30. The van der Waals surface area contributed by atoms with Crippen molar-refractivity contribution in [3.63, 3.8) is 0 Å². The molecule has 0 saturated carbocycles. The quantitative estimate of drug-likeness (QED) is 0.919. The number of benzene rings is 1. The summed E-state index contributed by atoms with van der Waals surface area (Å²) in [6, 6.07) is 9.66. The lowest BCUT2D eigenvalue weighted by atomic mass is 10.2. The van der Waals surface area contributed by atoms with E-state index in [1.54, 1.807) is 11.1 Å². The highest BCUT2D eigenvalue weighted by Gasteiger charge is 2.32. The summed E-state index contributed by atoms with van der Waals surface area (Å²) >= 11 is 3.34. The summed E-state index contributed by atoms with van der Waals surface area (Å²) in [6.45, 7) is 1.00. The molecule has 0 unspecified atom stereocenters. The van der Waals surface area contributed by atoms with Crippen LogP contribution in [0.2, 0.25) is 0 Å². The van der Waals surface area contributed by atoms with Gasteiger partial charge in [-0.2, -0.15) is 0 Å². The number of nitrogens with zero attached hydrogens (tertiary/aromatic N) is 2. The van der Waals surface area contributed by atoms with E-state index < -0.39 is 0 Å². The third kappa shape index (κ3) is 3.26. The van der Waals surface area contributed by atoms with Gasteiger partial charge in [0.1, 0.15) is 17.0 Å². The molecular formula is C15H16BrN3O2. The van der Waals surface area contributed by atoms with Gasteiger partial charge < -0.3 is 9.72 Å². The third-order valence-corrected chi connectivity index (χ3v) is 3.98. The fourth-order valence-corrected chi connectivity index (χ4v) is 2.86. The zero-order chi connectivity index (χ0) is 14.7. The number of H-pyrrole nitrogens is 1. The van der Waals surface area contributed by atoms with Gasteiger partial charge in [0.25, 0.3) is 0 Å². The van der Waals surface area contributed by atoms with Gasteiger partial charge in [0.15, 0.2) is 0 Å². The average Bonchev–Trinajstić information content (AvgIpc) is 3.14. The molecule has 0 radical (unpaired) electrons. The molecule has 2 aromatic rings. The molecule has 1 atom stereocenters. The van der Waals surface area contributed by atoms with E-state index >= 15 is 0 Å². The number of rotatable bonds is 3. The van der Waals surface area contributed by atoms with Crippen LogP contribution >= 0.6 is 15.9 Å². The predicted molar refractivity (Wildman–Crippen MR) is 81.6 cm³/mol. The Morgan fingerprint density at radius 3 is 2.95 bits per heavy atom. The summed E-state index contributed by atoms with van der Waals surface area (Å²) in [5.41, 5.74) is 0.988. The molecular weight excluding hydrogens is 334 g/mol. The lowest BCUT2D eigenvalue weighted by molar-refractivity contribution is 0.0909. The monoisotopic (exact) mass is 349 g/mol. The molecule has 1 fully saturated rings. The first-order valence-corrected chi connectivity index (χ1v) is 7.71. The first-order valence-electron chi connectivity index (χ1n) is 6.92. The van der Waals surface area contributed by atoms with Gasteiger partial charge in [-0.05, 0) is 34.3 Å². The van der Waals surface area contributed by atoms with Crippen molar-refractivity contribution in [2.24, 2.45) is 0 Å². The molecule has 0 aliphatic carbocycles. The van der Waals surface area contributed by atoms with Crippen LogP contribution in [-0.2, 0) is 11.3 Å². The smallest absolute Gasteiger partial charge is 0.410 e. The van der Waals surface area contributed by atoms with E-state index in [2.05, 4.69) is 25.9 Å². The summed E-state index contributed by atoms with van der Waals surface area (Å²) in [5, 5.41) is 0. The number of aromatic amines is 1. The summed E-state index contributed by atoms with van der Waals surface area (Å²) < 4.78 is 6.23. The predicted octanol–water partition coefficient (Wildman–Crippen LogP) is 3.65. The SMILES string of the molecule is O=C(OCc1ccccc1)N1CCC[C@H]1c1ncc(Br)[nH]1. The number of carbonyl (C=O) groups is 1. The van der Waals surface area contributed by atoms with E-state index in [1.165, 1.54) is 0 Å². The molecule has 1 amide bonds. The molecule has 0 spiro atoms. The standard InChI is InChI=1S/C15H16BrN3O2/c16-13-9-17-14(18-13)12-7-4-8-19(12)15(20)21-10-11-5-2-1-3-6-11/h1-3,5-6,9,12H,4,7-8,10H2,(H,17,18)/t12-/m0/s1. The van der Waals surface area contributed by atoms with E-state index in [0.717, 1.165) is 28.8 Å². The van der Waals surface area contributed by atoms with Gasteiger partial charge in [0, 0.05) is 6.54 Å². The highest BCUT2D eigenvalue weighted by molar-refractivity contribution is 9.10. The van der Waals surface area contributed by atoms with Crippen molar-refractivity contribution in [1.29, 1.82) is 0 Å². The van der Waals surface area contributed by atoms with E-state index in [9.17, 15) is 4.79 Å². The normalized spacial score (nSPS) is 18.0. The molecule has 1 N–H and O–H groups in total. The number of amides is 1. The number of aromatic nitrogens is 2. The highest BCUT2D eigenvalue weighted by atomic mass is 79.9. The van der Waals surface area contributed by atoms with Crippen LogP contribution in [0.25, 0.3) is 0 Å². The number of halogens is 1. The van der Waals surface area contributed by atoms with Crippen LogP contribution in [0, 0.1) is 0 Å². The fourth-order valence-electron chi connectivity index (χ4n) is 2.55. The minimum absolute atomic E-state index is 0.0282. The lowest BCUT2D eigenvalue weighted by Gasteiger charge is -2.22. The van der Waals surface area contributed by atoms with Crippen LogP contribution in [0.1, 0.15) is 30.3 Å². The van der Waals surface area contributed by atoms with Crippen LogP contribution in [0.15, 0.2) is 41.1 Å². The van der Waals surface area contributed by atoms with E-state index in [4.69, 9.17) is 4.74 Å². The van der Waals surface area contributed by atoms with E-state index in [1.807, 2.05) is 30.3 Å². The molecule has 5 nitrogen and oxygen atoms in total. The topological polar surface area (TPSA) is 58.2 Å². The molecule has 1 aliphatic rings. The first kappa shape index (κ1) is 14.1. The molecule has 1 aromatic heterocycles. The van der Waals surface area contributed by atoms with Crippen molar-refractivity contribution in [1.82, 2.24) is 14.9 Å². The van der Waals surface area contributed by atoms with Gasteiger partial charge in [0.05, 0.1) is 12.2 Å². The molecule has 110 valence electrons. The second-order valence-electron chi connectivity index (χ2n) is 5.01. The average molecular weight is 350 g/mol. The van der Waals surface area contributed by atoms with Gasteiger partial charge in [-0.15, -0.1) is 0 Å². The molecule has 1 saturated heterocycles. The van der Waals surface area contributed by atoms with Gasteiger partial charge >= 0.3 is 6.09 Å². The summed E-state index contributed by atoms with van der Waals surface area (Å²) in [6.07, 6.45) is 3.29. The van der Waals surface area contributed by atoms with E-state index in [0.29, 0.717) is 13.2 Å². The van der Waals surface area contributed by atoms with Crippen LogP contribution < -0.4 is 0 Å². The first-order chi connectivity index (χ1) is 10.2. The van der Waals surface area contributed by atoms with Gasteiger partial charge in [-0.3, -0.25) is 4.90 Å². The Morgan fingerprint density at radius 2 is 2.24 bits per heavy atom. The molecule has 0 bridgehead atoms. The number of hydrogen-bond acceptors (Lipinski definition) is 3. The van der Waals surface area contributed by atoms with Gasteiger partial charge in [-0.25, -0.2) is 9.78 Å². The van der Waals surface area contributed by atoms with Crippen LogP contribution in [0.4, 0.5) is 4.79 Å². The Morgan fingerprint density at radius 1 is 1.43 bits per heavy atom. The van der Waals surface area contributed by atoms with Gasteiger partial charge in [0.2, 0.25) is 0 Å². The second-order valence-corrected chi connectivity index (χ2v) is 5.86. The van der Waals surface area contributed by atoms with Crippen molar-refractivity contribution >= 4 is 22.0 Å².